The van der Waals surface area contributed by atoms with Gasteiger partial charge >= 0.3 is 0 Å². The zero-order valence-electron chi connectivity index (χ0n) is 13.7. The van der Waals surface area contributed by atoms with Gasteiger partial charge in [-0.15, -0.1) is 0 Å². The van der Waals surface area contributed by atoms with Crippen molar-refractivity contribution in [2.45, 2.75) is 26.7 Å². The van der Waals surface area contributed by atoms with Crippen LogP contribution in [0.1, 0.15) is 23.1 Å². The number of benzene rings is 2. The lowest BCUT2D eigenvalue weighted by molar-refractivity contribution is -0.119. The fourth-order valence-corrected chi connectivity index (χ4v) is 2.92. The molecular formula is C19H23ClN2O. The van der Waals surface area contributed by atoms with Crippen LogP contribution in [-0.2, 0) is 11.2 Å². The van der Waals surface area contributed by atoms with Gasteiger partial charge < -0.3 is 10.6 Å². The van der Waals surface area contributed by atoms with E-state index < -0.39 is 0 Å². The summed E-state index contributed by atoms with van der Waals surface area (Å²) in [7, 11) is 0. The third-order valence-corrected chi connectivity index (χ3v) is 3.96. The van der Waals surface area contributed by atoms with Gasteiger partial charge in [-0.25, -0.2) is 0 Å². The Morgan fingerprint density at radius 1 is 1.13 bits per heavy atom. The maximum atomic E-state index is 11.9. The van der Waals surface area contributed by atoms with Crippen molar-refractivity contribution in [1.29, 1.82) is 0 Å². The largest absolute Gasteiger partial charge is 0.375 e. The van der Waals surface area contributed by atoms with E-state index in [9.17, 15) is 4.79 Å². The Hall–Kier alpha value is -2.00. The molecular weight excluding hydrogens is 308 g/mol. The van der Waals surface area contributed by atoms with Crippen molar-refractivity contribution in [1.82, 2.24) is 5.32 Å². The Kier molecular flexibility index (Phi) is 6.48. The minimum atomic E-state index is -0.0193. The van der Waals surface area contributed by atoms with Crippen molar-refractivity contribution < 1.29 is 4.79 Å². The van der Waals surface area contributed by atoms with Gasteiger partial charge in [-0.3, -0.25) is 4.79 Å². The van der Waals surface area contributed by atoms with Gasteiger partial charge in [-0.2, -0.15) is 0 Å². The molecule has 0 fully saturated rings. The summed E-state index contributed by atoms with van der Waals surface area (Å²) in [4.78, 5) is 11.9. The van der Waals surface area contributed by atoms with Crippen molar-refractivity contribution >= 4 is 23.2 Å². The molecule has 0 unspecified atom stereocenters. The molecule has 4 heteroatoms. The quantitative estimate of drug-likeness (QED) is 0.750. The van der Waals surface area contributed by atoms with Gasteiger partial charge in [-0.1, -0.05) is 48.0 Å². The van der Waals surface area contributed by atoms with Crippen LogP contribution in [0, 0.1) is 13.8 Å². The number of halogens is 1. The average molecular weight is 331 g/mol. The first-order chi connectivity index (χ1) is 11.1. The molecule has 3 nitrogen and oxygen atoms in total. The summed E-state index contributed by atoms with van der Waals surface area (Å²) in [5.74, 6) is -0.0193. The topological polar surface area (TPSA) is 41.1 Å². The van der Waals surface area contributed by atoms with E-state index in [4.69, 9.17) is 11.6 Å². The molecule has 23 heavy (non-hydrogen) atoms. The normalized spacial score (nSPS) is 10.4. The molecule has 0 aliphatic carbocycles. The highest BCUT2D eigenvalue weighted by atomic mass is 35.5. The molecule has 2 rings (SSSR count). The fraction of sp³-hybridized carbons (Fsp3) is 0.316. The number of nitrogens with one attached hydrogen (secondary N) is 2. The number of amides is 1. The van der Waals surface area contributed by atoms with Crippen LogP contribution < -0.4 is 10.6 Å². The highest BCUT2D eigenvalue weighted by molar-refractivity contribution is 6.33. The maximum absolute atomic E-state index is 11.9. The number of carbonyl (C=O) groups excluding carboxylic acids is 1. The first-order valence-corrected chi connectivity index (χ1v) is 8.25. The Morgan fingerprint density at radius 2 is 1.87 bits per heavy atom. The Bertz CT molecular complexity index is 633. The zero-order valence-corrected chi connectivity index (χ0v) is 14.4. The highest BCUT2D eigenvalue weighted by Crippen LogP contribution is 2.26. The number of hydrogen-bond acceptors (Lipinski definition) is 2. The number of hydrogen-bond donors (Lipinski definition) is 2. The number of rotatable bonds is 7. The standard InChI is InChI=1S/C19H23ClN2O/c1-14-11-15(2)19(17(20)12-14)22-13-18(23)21-10-6-9-16-7-4-3-5-8-16/h3-5,7-8,11-12,22H,6,9-10,13H2,1-2H3,(H,21,23). The van der Waals surface area contributed by atoms with Crippen LogP contribution in [-0.4, -0.2) is 19.0 Å². The molecule has 0 aliphatic heterocycles. The van der Waals surface area contributed by atoms with Gasteiger partial charge in [0.2, 0.25) is 5.91 Å². The van der Waals surface area contributed by atoms with Crippen molar-refractivity contribution in [2.75, 3.05) is 18.4 Å². The molecule has 0 aromatic heterocycles. The van der Waals surface area contributed by atoms with Crippen LogP contribution in [0.4, 0.5) is 5.69 Å². The fourth-order valence-electron chi connectivity index (χ4n) is 2.54. The van der Waals surface area contributed by atoms with Crippen LogP contribution >= 0.6 is 11.6 Å². The van der Waals surface area contributed by atoms with Gasteiger partial charge in [0.1, 0.15) is 0 Å². The molecule has 1 amide bonds. The third kappa shape index (κ3) is 5.61. The Labute approximate surface area is 143 Å². The number of aryl methyl sites for hydroxylation is 3. The van der Waals surface area contributed by atoms with Crippen molar-refractivity contribution in [2.24, 2.45) is 0 Å². The summed E-state index contributed by atoms with van der Waals surface area (Å²) in [6, 6.07) is 14.2. The van der Waals surface area contributed by atoms with E-state index in [1.807, 2.05) is 44.2 Å². The third-order valence-electron chi connectivity index (χ3n) is 3.66. The van der Waals surface area contributed by atoms with Gasteiger partial charge in [0.25, 0.3) is 0 Å². The molecule has 2 aromatic rings. The molecule has 2 N–H and O–H groups in total. The summed E-state index contributed by atoms with van der Waals surface area (Å²) >= 11 is 6.22. The van der Waals surface area contributed by atoms with Crippen LogP contribution in [0.15, 0.2) is 42.5 Å². The van der Waals surface area contributed by atoms with E-state index in [1.165, 1.54) is 5.56 Å². The van der Waals surface area contributed by atoms with E-state index in [0.717, 1.165) is 29.7 Å². The lowest BCUT2D eigenvalue weighted by Crippen LogP contribution is -2.31. The number of anilines is 1. The van der Waals surface area contributed by atoms with Crippen molar-refractivity contribution in [3.8, 4) is 0 Å². The van der Waals surface area contributed by atoms with E-state index in [0.29, 0.717) is 11.6 Å². The summed E-state index contributed by atoms with van der Waals surface area (Å²) in [5.41, 5.74) is 4.29. The van der Waals surface area contributed by atoms with Gasteiger partial charge in [0.15, 0.2) is 0 Å². The van der Waals surface area contributed by atoms with E-state index in [1.54, 1.807) is 0 Å². The van der Waals surface area contributed by atoms with Crippen LogP contribution in [0.25, 0.3) is 0 Å². The predicted octanol–water partition coefficient (Wildman–Crippen LogP) is 4.12. The highest BCUT2D eigenvalue weighted by Gasteiger charge is 2.07. The first kappa shape index (κ1) is 17.4. The lowest BCUT2D eigenvalue weighted by atomic mass is 10.1. The van der Waals surface area contributed by atoms with Crippen LogP contribution in [0.2, 0.25) is 5.02 Å². The van der Waals surface area contributed by atoms with Crippen molar-refractivity contribution in [3.63, 3.8) is 0 Å². The lowest BCUT2D eigenvalue weighted by Gasteiger charge is -2.12. The second kappa shape index (κ2) is 8.59. The summed E-state index contributed by atoms with van der Waals surface area (Å²) in [5, 5.41) is 6.70. The maximum Gasteiger partial charge on any atom is 0.239 e. The SMILES string of the molecule is Cc1cc(C)c(NCC(=O)NCCCc2ccccc2)c(Cl)c1. The summed E-state index contributed by atoms with van der Waals surface area (Å²) in [6.45, 7) is 4.89. The van der Waals surface area contributed by atoms with Crippen molar-refractivity contribution in [3.05, 3.63) is 64.2 Å². The molecule has 0 spiro atoms. The molecule has 0 saturated carbocycles. The van der Waals surface area contributed by atoms with Crippen LogP contribution in [0.5, 0.6) is 0 Å². The number of carbonyl (C=O) groups is 1. The molecule has 122 valence electrons. The first-order valence-electron chi connectivity index (χ1n) is 7.87. The Balaban J connectivity index is 1.71. The zero-order chi connectivity index (χ0) is 16.7. The van der Waals surface area contributed by atoms with E-state index >= 15 is 0 Å². The second-order valence-electron chi connectivity index (χ2n) is 5.73. The molecule has 0 atom stereocenters. The van der Waals surface area contributed by atoms with E-state index in [2.05, 4.69) is 22.8 Å². The van der Waals surface area contributed by atoms with Gasteiger partial charge in [0.05, 0.1) is 17.3 Å². The van der Waals surface area contributed by atoms with E-state index in [-0.39, 0.29) is 12.5 Å². The summed E-state index contributed by atoms with van der Waals surface area (Å²) in [6.07, 6.45) is 1.90. The molecule has 0 saturated heterocycles. The smallest absolute Gasteiger partial charge is 0.239 e. The minimum Gasteiger partial charge on any atom is -0.375 e. The van der Waals surface area contributed by atoms with Gasteiger partial charge in [-0.05, 0) is 49.4 Å². The molecule has 0 heterocycles. The second-order valence-corrected chi connectivity index (χ2v) is 6.14. The molecule has 0 radical (unpaired) electrons. The van der Waals surface area contributed by atoms with Crippen LogP contribution in [0.3, 0.4) is 0 Å². The average Bonchev–Trinajstić information content (AvgIpc) is 2.51. The summed E-state index contributed by atoms with van der Waals surface area (Å²) < 4.78 is 0. The monoisotopic (exact) mass is 330 g/mol. The van der Waals surface area contributed by atoms with Gasteiger partial charge in [0, 0.05) is 6.54 Å². The molecule has 0 bridgehead atoms. The minimum absolute atomic E-state index is 0.0193. The molecule has 0 aliphatic rings. The predicted molar refractivity (Wildman–Crippen MR) is 97.2 cm³/mol. The molecule has 2 aromatic carbocycles. The Morgan fingerprint density at radius 3 is 2.57 bits per heavy atom.